The van der Waals surface area contributed by atoms with Gasteiger partial charge in [-0.05, 0) is 13.0 Å². The van der Waals surface area contributed by atoms with E-state index in [1.54, 1.807) is 6.20 Å². The molecule has 0 aliphatic carbocycles. The molecule has 0 amide bonds. The first kappa shape index (κ1) is 13.6. The number of aromatic nitrogens is 2. The molecule has 0 aliphatic rings. The molecule has 106 valence electrons. The average Bonchev–Trinajstić information content (AvgIpc) is 2.81. The molecule has 0 aliphatic heterocycles. The highest BCUT2D eigenvalue weighted by atomic mass is 79.9. The van der Waals surface area contributed by atoms with Crippen molar-refractivity contribution < 1.29 is 4.52 Å². The van der Waals surface area contributed by atoms with Gasteiger partial charge in [-0.2, -0.15) is 0 Å². The van der Waals surface area contributed by atoms with Gasteiger partial charge in [0.2, 0.25) is 5.88 Å². The van der Waals surface area contributed by atoms with Crippen LogP contribution in [0.15, 0.2) is 50.3 Å². The summed E-state index contributed by atoms with van der Waals surface area (Å²) in [5, 5.41) is 3.95. The van der Waals surface area contributed by atoms with Crippen molar-refractivity contribution in [3.8, 4) is 22.4 Å². The summed E-state index contributed by atoms with van der Waals surface area (Å²) in [5.41, 5.74) is 8.83. The third-order valence-corrected chi connectivity index (χ3v) is 3.87. The molecular formula is C15H12BrN3O2. The quantitative estimate of drug-likeness (QED) is 0.745. The molecule has 0 saturated heterocycles. The second-order valence-electron chi connectivity index (χ2n) is 4.64. The highest BCUT2D eigenvalue weighted by molar-refractivity contribution is 9.10. The van der Waals surface area contributed by atoms with Crippen molar-refractivity contribution in [2.75, 3.05) is 5.73 Å². The minimum Gasteiger partial charge on any atom is -0.367 e. The van der Waals surface area contributed by atoms with Gasteiger partial charge in [0.05, 0.1) is 11.1 Å². The van der Waals surface area contributed by atoms with Crippen LogP contribution in [-0.4, -0.2) is 10.1 Å². The predicted octanol–water partition coefficient (Wildman–Crippen LogP) is 3.35. The molecule has 6 heteroatoms. The zero-order chi connectivity index (χ0) is 15.0. The first-order valence-corrected chi connectivity index (χ1v) is 7.07. The van der Waals surface area contributed by atoms with Gasteiger partial charge >= 0.3 is 0 Å². The molecule has 3 aromatic rings. The molecule has 0 bridgehead atoms. The summed E-state index contributed by atoms with van der Waals surface area (Å²) in [5.74, 6) is 0.178. The zero-order valence-corrected chi connectivity index (χ0v) is 12.8. The number of hydrogen-bond acceptors (Lipinski definition) is 4. The summed E-state index contributed by atoms with van der Waals surface area (Å²) >= 11 is 3.48. The SMILES string of the molecule is Cc1cc(=O)c(-c2noc(N)c2-c2ccccc2Br)c[nH]1. The summed E-state index contributed by atoms with van der Waals surface area (Å²) in [4.78, 5) is 15.2. The summed E-state index contributed by atoms with van der Waals surface area (Å²) in [6, 6.07) is 9.08. The second-order valence-corrected chi connectivity index (χ2v) is 5.50. The maximum Gasteiger partial charge on any atom is 0.230 e. The van der Waals surface area contributed by atoms with Crippen LogP contribution < -0.4 is 11.2 Å². The minimum absolute atomic E-state index is 0.132. The number of nitrogens with one attached hydrogen (secondary N) is 1. The van der Waals surface area contributed by atoms with E-state index < -0.39 is 0 Å². The molecule has 3 rings (SSSR count). The second kappa shape index (κ2) is 5.21. The van der Waals surface area contributed by atoms with Gasteiger partial charge in [-0.25, -0.2) is 0 Å². The molecule has 0 unspecified atom stereocenters. The van der Waals surface area contributed by atoms with Crippen molar-refractivity contribution >= 4 is 21.8 Å². The smallest absolute Gasteiger partial charge is 0.230 e. The van der Waals surface area contributed by atoms with Gasteiger partial charge in [0.15, 0.2) is 5.43 Å². The Bertz CT molecular complexity index is 867. The van der Waals surface area contributed by atoms with Gasteiger partial charge in [-0.1, -0.05) is 39.3 Å². The van der Waals surface area contributed by atoms with Crippen LogP contribution in [0.3, 0.4) is 0 Å². The lowest BCUT2D eigenvalue weighted by Gasteiger charge is -2.05. The molecule has 0 atom stereocenters. The number of aromatic amines is 1. The number of pyridine rings is 1. The van der Waals surface area contributed by atoms with Crippen molar-refractivity contribution in [2.45, 2.75) is 6.92 Å². The Morgan fingerprint density at radius 1 is 1.29 bits per heavy atom. The van der Waals surface area contributed by atoms with Crippen LogP contribution in [0.5, 0.6) is 0 Å². The number of rotatable bonds is 2. The molecular weight excluding hydrogens is 334 g/mol. The van der Waals surface area contributed by atoms with Gasteiger partial charge in [0.25, 0.3) is 0 Å². The summed E-state index contributed by atoms with van der Waals surface area (Å²) in [6.45, 7) is 1.82. The highest BCUT2D eigenvalue weighted by Gasteiger charge is 2.21. The van der Waals surface area contributed by atoms with E-state index in [0.717, 1.165) is 15.7 Å². The Morgan fingerprint density at radius 3 is 2.76 bits per heavy atom. The Kier molecular flexibility index (Phi) is 3.39. The van der Waals surface area contributed by atoms with E-state index in [9.17, 15) is 4.79 Å². The van der Waals surface area contributed by atoms with E-state index >= 15 is 0 Å². The number of hydrogen-bond donors (Lipinski definition) is 2. The summed E-state index contributed by atoms with van der Waals surface area (Å²) in [6.07, 6.45) is 1.62. The molecule has 2 heterocycles. The van der Waals surface area contributed by atoms with Crippen LogP contribution in [0, 0.1) is 6.92 Å². The molecule has 21 heavy (non-hydrogen) atoms. The zero-order valence-electron chi connectivity index (χ0n) is 11.2. The van der Waals surface area contributed by atoms with E-state index in [-0.39, 0.29) is 11.3 Å². The lowest BCUT2D eigenvalue weighted by Crippen LogP contribution is -2.06. The highest BCUT2D eigenvalue weighted by Crippen LogP contribution is 2.38. The Morgan fingerprint density at radius 2 is 2.05 bits per heavy atom. The van der Waals surface area contributed by atoms with Crippen LogP contribution in [0.25, 0.3) is 22.4 Å². The number of halogens is 1. The van der Waals surface area contributed by atoms with Crippen molar-refractivity contribution in [2.24, 2.45) is 0 Å². The molecule has 2 aromatic heterocycles. The Labute approximate surface area is 128 Å². The van der Waals surface area contributed by atoms with Gasteiger partial charge < -0.3 is 15.2 Å². The Balaban J connectivity index is 2.27. The summed E-state index contributed by atoms with van der Waals surface area (Å²) in [7, 11) is 0. The molecule has 3 N–H and O–H groups in total. The fourth-order valence-electron chi connectivity index (χ4n) is 2.17. The van der Waals surface area contributed by atoms with Gasteiger partial charge in [0, 0.05) is 28.0 Å². The van der Waals surface area contributed by atoms with Crippen LogP contribution in [0.2, 0.25) is 0 Å². The molecule has 0 radical (unpaired) electrons. The summed E-state index contributed by atoms with van der Waals surface area (Å²) < 4.78 is 5.95. The standard InChI is InChI=1S/C15H12BrN3O2/c1-8-6-12(20)10(7-18-8)14-13(15(17)21-19-14)9-4-2-3-5-11(9)16/h2-7H,17H2,1H3,(H,18,20). The topological polar surface area (TPSA) is 84.9 Å². The normalized spacial score (nSPS) is 10.8. The fourth-order valence-corrected chi connectivity index (χ4v) is 2.65. The molecule has 0 spiro atoms. The maximum absolute atomic E-state index is 12.2. The van der Waals surface area contributed by atoms with Gasteiger partial charge in [-0.15, -0.1) is 0 Å². The number of benzene rings is 1. The molecule has 1 aromatic carbocycles. The number of nitrogen functional groups attached to an aromatic ring is 1. The number of anilines is 1. The monoisotopic (exact) mass is 345 g/mol. The van der Waals surface area contributed by atoms with Crippen LogP contribution in [0.4, 0.5) is 5.88 Å². The van der Waals surface area contributed by atoms with Crippen molar-refractivity contribution in [1.82, 2.24) is 10.1 Å². The van der Waals surface area contributed by atoms with E-state index in [2.05, 4.69) is 26.1 Å². The lowest BCUT2D eigenvalue weighted by atomic mass is 10.0. The first-order chi connectivity index (χ1) is 10.1. The van der Waals surface area contributed by atoms with E-state index in [1.165, 1.54) is 6.07 Å². The largest absolute Gasteiger partial charge is 0.367 e. The third-order valence-electron chi connectivity index (χ3n) is 3.17. The predicted molar refractivity (Wildman–Crippen MR) is 84.8 cm³/mol. The average molecular weight is 346 g/mol. The van der Waals surface area contributed by atoms with Crippen molar-refractivity contribution in [3.05, 3.63) is 56.9 Å². The molecule has 5 nitrogen and oxygen atoms in total. The van der Waals surface area contributed by atoms with Crippen LogP contribution >= 0.6 is 15.9 Å². The van der Waals surface area contributed by atoms with Gasteiger partial charge in [-0.3, -0.25) is 4.79 Å². The van der Waals surface area contributed by atoms with E-state index in [0.29, 0.717) is 16.8 Å². The van der Waals surface area contributed by atoms with Crippen molar-refractivity contribution in [1.29, 1.82) is 0 Å². The maximum atomic E-state index is 12.2. The fraction of sp³-hybridized carbons (Fsp3) is 0.0667. The molecule has 0 fully saturated rings. The third kappa shape index (κ3) is 2.38. The van der Waals surface area contributed by atoms with E-state index in [1.807, 2.05) is 31.2 Å². The lowest BCUT2D eigenvalue weighted by molar-refractivity contribution is 0.439. The number of aryl methyl sites for hydroxylation is 1. The Hall–Kier alpha value is -2.34. The van der Waals surface area contributed by atoms with Crippen LogP contribution in [0.1, 0.15) is 5.69 Å². The molecule has 0 saturated carbocycles. The van der Waals surface area contributed by atoms with Crippen molar-refractivity contribution in [3.63, 3.8) is 0 Å². The number of H-pyrrole nitrogens is 1. The number of nitrogens with two attached hydrogens (primary N) is 1. The minimum atomic E-state index is -0.132. The van der Waals surface area contributed by atoms with E-state index in [4.69, 9.17) is 10.3 Å². The first-order valence-electron chi connectivity index (χ1n) is 6.27. The number of nitrogens with zero attached hydrogens (tertiary/aromatic N) is 1. The van der Waals surface area contributed by atoms with Crippen LogP contribution in [-0.2, 0) is 0 Å². The van der Waals surface area contributed by atoms with Gasteiger partial charge in [0.1, 0.15) is 5.69 Å².